The maximum atomic E-state index is 11.7. The molecule has 1 aliphatic rings. The summed E-state index contributed by atoms with van der Waals surface area (Å²) in [5.41, 5.74) is 0.859. The predicted octanol–water partition coefficient (Wildman–Crippen LogP) is 4.28. The summed E-state index contributed by atoms with van der Waals surface area (Å²) in [6.07, 6.45) is 3.03. The number of carbonyl (C=O) groups excluding carboxylic acids is 1. The van der Waals surface area contributed by atoms with Gasteiger partial charge in [-0.3, -0.25) is 0 Å². The van der Waals surface area contributed by atoms with E-state index in [9.17, 15) is 4.79 Å². The summed E-state index contributed by atoms with van der Waals surface area (Å²) in [5.74, 6) is 0. The maximum absolute atomic E-state index is 11.7. The third-order valence-electron chi connectivity index (χ3n) is 3.52. The zero-order chi connectivity index (χ0) is 16.3. The van der Waals surface area contributed by atoms with Gasteiger partial charge in [0.2, 0.25) is 0 Å². The van der Waals surface area contributed by atoms with Crippen molar-refractivity contribution in [3.05, 3.63) is 20.8 Å². The monoisotopic (exact) mass is 344 g/mol. The zero-order valence-electron chi connectivity index (χ0n) is 13.7. The van der Waals surface area contributed by atoms with Crippen molar-refractivity contribution in [2.45, 2.75) is 64.6 Å². The van der Waals surface area contributed by atoms with Crippen molar-refractivity contribution in [1.82, 2.24) is 10.6 Å². The van der Waals surface area contributed by atoms with E-state index < -0.39 is 5.60 Å². The number of ether oxygens (including phenoxy) is 1. The van der Waals surface area contributed by atoms with E-state index in [1.807, 2.05) is 20.8 Å². The molecule has 2 N–H and O–H groups in total. The van der Waals surface area contributed by atoms with E-state index in [1.54, 1.807) is 11.3 Å². The van der Waals surface area contributed by atoms with Gasteiger partial charge in [0.15, 0.2) is 0 Å². The van der Waals surface area contributed by atoms with Crippen molar-refractivity contribution < 1.29 is 9.53 Å². The van der Waals surface area contributed by atoms with Gasteiger partial charge in [0.05, 0.1) is 4.34 Å². The number of halogens is 1. The van der Waals surface area contributed by atoms with Crippen molar-refractivity contribution >= 4 is 29.0 Å². The minimum Gasteiger partial charge on any atom is -0.444 e. The normalized spacial score (nSPS) is 19.4. The number of thiophene rings is 1. The number of alkyl carbamates (subject to hydrolysis) is 1. The Morgan fingerprint density at radius 2 is 2.27 bits per heavy atom. The third-order valence-corrected chi connectivity index (χ3v) is 4.86. The molecule has 0 aromatic carbocycles. The molecule has 0 fully saturated rings. The number of fused-ring (bicyclic) bond motifs is 1. The SMILES string of the molecule is CC(CNC(=O)OC(C)(C)C)NC1CCCc2sc(Cl)cc21. The van der Waals surface area contributed by atoms with Gasteiger partial charge in [0.1, 0.15) is 5.60 Å². The van der Waals surface area contributed by atoms with Gasteiger partial charge >= 0.3 is 6.09 Å². The van der Waals surface area contributed by atoms with Crippen LogP contribution in [0, 0.1) is 0 Å². The highest BCUT2D eigenvalue weighted by Gasteiger charge is 2.24. The number of rotatable bonds is 4. The van der Waals surface area contributed by atoms with Gasteiger partial charge in [-0.1, -0.05) is 11.6 Å². The minimum absolute atomic E-state index is 0.169. The standard InChI is InChI=1S/C16H25ClN2O2S/c1-10(9-18-15(20)21-16(2,3)4)19-12-6-5-7-13-11(12)8-14(17)22-13/h8,10,12,19H,5-7,9H2,1-4H3,(H,18,20). The number of aryl methyl sites for hydroxylation is 1. The first-order valence-corrected chi connectivity index (χ1v) is 8.95. The summed E-state index contributed by atoms with van der Waals surface area (Å²) in [7, 11) is 0. The number of hydrogen-bond donors (Lipinski definition) is 2. The van der Waals surface area contributed by atoms with Gasteiger partial charge in [-0.15, -0.1) is 11.3 Å². The van der Waals surface area contributed by atoms with Gasteiger partial charge in [-0.2, -0.15) is 0 Å². The number of carbonyl (C=O) groups is 1. The molecule has 124 valence electrons. The average Bonchev–Trinajstić information content (AvgIpc) is 2.76. The van der Waals surface area contributed by atoms with Gasteiger partial charge in [-0.05, 0) is 58.6 Å². The average molecular weight is 345 g/mol. The lowest BCUT2D eigenvalue weighted by atomic mass is 9.93. The fourth-order valence-electron chi connectivity index (χ4n) is 2.65. The highest BCUT2D eigenvalue weighted by Crippen LogP contribution is 2.37. The molecule has 6 heteroatoms. The molecule has 0 saturated heterocycles. The van der Waals surface area contributed by atoms with Gasteiger partial charge in [0.25, 0.3) is 0 Å². The van der Waals surface area contributed by atoms with Crippen LogP contribution >= 0.6 is 22.9 Å². The molecule has 2 atom stereocenters. The van der Waals surface area contributed by atoms with Crippen LogP contribution in [0.1, 0.15) is 57.0 Å². The summed E-state index contributed by atoms with van der Waals surface area (Å²) in [6, 6.07) is 2.57. The van der Waals surface area contributed by atoms with Crippen LogP contribution in [0.4, 0.5) is 4.79 Å². The first-order chi connectivity index (χ1) is 10.2. The van der Waals surface area contributed by atoms with Crippen LogP contribution < -0.4 is 10.6 Å². The predicted molar refractivity (Wildman–Crippen MR) is 91.8 cm³/mol. The van der Waals surface area contributed by atoms with Crippen LogP contribution in [-0.2, 0) is 11.2 Å². The van der Waals surface area contributed by atoms with E-state index in [-0.39, 0.29) is 12.1 Å². The summed E-state index contributed by atoms with van der Waals surface area (Å²) in [5, 5.41) is 6.39. The molecule has 1 aromatic rings. The maximum Gasteiger partial charge on any atom is 0.407 e. The summed E-state index contributed by atoms with van der Waals surface area (Å²) in [4.78, 5) is 13.1. The minimum atomic E-state index is -0.466. The highest BCUT2D eigenvalue weighted by molar-refractivity contribution is 7.16. The van der Waals surface area contributed by atoms with Crippen LogP contribution in [-0.4, -0.2) is 24.3 Å². The fraction of sp³-hybridized carbons (Fsp3) is 0.688. The van der Waals surface area contributed by atoms with E-state index in [2.05, 4.69) is 23.6 Å². The lowest BCUT2D eigenvalue weighted by Gasteiger charge is -2.27. The second kappa shape index (κ2) is 7.20. The summed E-state index contributed by atoms with van der Waals surface area (Å²) in [6.45, 7) is 8.19. The Balaban J connectivity index is 1.83. The van der Waals surface area contributed by atoms with E-state index in [4.69, 9.17) is 16.3 Å². The largest absolute Gasteiger partial charge is 0.444 e. The van der Waals surface area contributed by atoms with E-state index in [0.29, 0.717) is 12.6 Å². The van der Waals surface area contributed by atoms with Crippen molar-refractivity contribution in [1.29, 1.82) is 0 Å². The topological polar surface area (TPSA) is 50.4 Å². The molecule has 1 aliphatic carbocycles. The zero-order valence-corrected chi connectivity index (χ0v) is 15.2. The van der Waals surface area contributed by atoms with E-state index >= 15 is 0 Å². The number of amides is 1. The molecule has 0 aliphatic heterocycles. The second-order valence-corrected chi connectivity index (χ2v) is 8.59. The Hall–Kier alpha value is -0.780. The van der Waals surface area contributed by atoms with E-state index in [1.165, 1.54) is 16.9 Å². The van der Waals surface area contributed by atoms with Gasteiger partial charge in [0, 0.05) is 23.5 Å². The molecule has 2 rings (SSSR count). The Bertz CT molecular complexity index is 525. The first-order valence-electron chi connectivity index (χ1n) is 7.75. The fourth-order valence-corrected chi connectivity index (χ4v) is 4.03. The molecule has 1 aromatic heterocycles. The Morgan fingerprint density at radius 3 is 2.95 bits per heavy atom. The molecule has 1 heterocycles. The number of nitrogens with one attached hydrogen (secondary N) is 2. The Labute approximate surface area is 141 Å². The Kier molecular flexibility index (Phi) is 5.75. The molecule has 1 amide bonds. The van der Waals surface area contributed by atoms with Crippen molar-refractivity contribution in [2.75, 3.05) is 6.54 Å². The van der Waals surface area contributed by atoms with E-state index in [0.717, 1.165) is 17.2 Å². The number of hydrogen-bond acceptors (Lipinski definition) is 4. The molecular weight excluding hydrogens is 320 g/mol. The van der Waals surface area contributed by atoms with Crippen LogP contribution in [0.5, 0.6) is 0 Å². The van der Waals surface area contributed by atoms with Crippen LogP contribution in [0.2, 0.25) is 4.34 Å². The lowest BCUT2D eigenvalue weighted by molar-refractivity contribution is 0.0522. The molecule has 22 heavy (non-hydrogen) atoms. The molecule has 0 bridgehead atoms. The van der Waals surface area contributed by atoms with Crippen molar-refractivity contribution in [2.24, 2.45) is 0 Å². The van der Waals surface area contributed by atoms with Crippen molar-refractivity contribution in [3.8, 4) is 0 Å². The molecule has 4 nitrogen and oxygen atoms in total. The smallest absolute Gasteiger partial charge is 0.407 e. The molecule has 0 radical (unpaired) electrons. The molecule has 0 saturated carbocycles. The first kappa shape index (κ1) is 17.6. The van der Waals surface area contributed by atoms with Crippen LogP contribution in [0.15, 0.2) is 6.07 Å². The van der Waals surface area contributed by atoms with Gasteiger partial charge in [-0.25, -0.2) is 4.79 Å². The molecule has 2 unspecified atom stereocenters. The van der Waals surface area contributed by atoms with Crippen LogP contribution in [0.25, 0.3) is 0 Å². The Morgan fingerprint density at radius 1 is 1.55 bits per heavy atom. The van der Waals surface area contributed by atoms with Crippen molar-refractivity contribution in [3.63, 3.8) is 0 Å². The molecular formula is C16H25ClN2O2S. The lowest BCUT2D eigenvalue weighted by Crippen LogP contribution is -2.42. The molecule has 0 spiro atoms. The summed E-state index contributed by atoms with van der Waals surface area (Å²) >= 11 is 7.82. The highest BCUT2D eigenvalue weighted by atomic mass is 35.5. The summed E-state index contributed by atoms with van der Waals surface area (Å²) < 4.78 is 6.10. The third kappa shape index (κ3) is 5.14. The van der Waals surface area contributed by atoms with Crippen LogP contribution in [0.3, 0.4) is 0 Å². The van der Waals surface area contributed by atoms with Gasteiger partial charge < -0.3 is 15.4 Å². The quantitative estimate of drug-likeness (QED) is 0.857. The second-order valence-electron chi connectivity index (χ2n) is 6.82.